The molecular weight excluding hydrogens is 308 g/mol. The average molecular weight is 327 g/mol. The molecule has 2 heterocycles. The first-order chi connectivity index (χ1) is 9.87. The number of aromatic amines is 1. The summed E-state index contributed by atoms with van der Waals surface area (Å²) in [6.07, 6.45) is 1.56. The molecule has 9 heteroatoms. The highest BCUT2D eigenvalue weighted by Crippen LogP contribution is 2.29. The molecule has 1 N–H and O–H groups in total. The molecule has 0 radical (unpaired) electrons. The predicted octanol–water partition coefficient (Wildman–Crippen LogP) is 2.65. The van der Waals surface area contributed by atoms with Crippen molar-refractivity contribution in [2.45, 2.75) is 32.4 Å². The van der Waals surface area contributed by atoms with E-state index in [1.165, 1.54) is 6.07 Å². The Balaban J connectivity index is 1.99. The van der Waals surface area contributed by atoms with Crippen LogP contribution < -0.4 is 4.68 Å². The average Bonchev–Trinajstić information content (AvgIpc) is 3.01. The van der Waals surface area contributed by atoms with Gasteiger partial charge in [-0.2, -0.15) is 5.10 Å². The largest absolute Gasteiger partial charge is 0.363 e. The molecule has 0 aliphatic heterocycles. The van der Waals surface area contributed by atoms with Crippen molar-refractivity contribution in [2.75, 3.05) is 6.61 Å². The maximum absolute atomic E-state index is 10.7. The third kappa shape index (κ3) is 4.44. The van der Waals surface area contributed by atoms with E-state index in [4.69, 9.17) is 4.74 Å². The third-order valence-corrected chi connectivity index (χ3v) is 5.60. The molecule has 0 saturated carbocycles. The van der Waals surface area contributed by atoms with E-state index >= 15 is 0 Å². The summed E-state index contributed by atoms with van der Waals surface area (Å²) in [5.74, 6) is 0.654. The number of H-pyrrole nitrogens is 1. The highest BCUT2D eigenvalue weighted by Gasteiger charge is 2.22. The van der Waals surface area contributed by atoms with Crippen molar-refractivity contribution >= 4 is 24.4 Å². The molecule has 7 nitrogen and oxygen atoms in total. The van der Waals surface area contributed by atoms with Gasteiger partial charge in [0.05, 0.1) is 4.92 Å². The summed E-state index contributed by atoms with van der Waals surface area (Å²) in [5.41, 5.74) is 0. The van der Waals surface area contributed by atoms with Crippen molar-refractivity contribution in [1.29, 1.82) is 0 Å². The van der Waals surface area contributed by atoms with Crippen molar-refractivity contribution < 1.29 is 14.3 Å². The van der Waals surface area contributed by atoms with Crippen LogP contribution in [0, 0.1) is 10.1 Å². The fraction of sp³-hybridized carbons (Fsp3) is 0.500. The van der Waals surface area contributed by atoms with Crippen LogP contribution in [0.5, 0.6) is 0 Å². The van der Waals surface area contributed by atoms with Crippen molar-refractivity contribution in [3.63, 3.8) is 0 Å². The lowest BCUT2D eigenvalue weighted by Gasteiger charge is -2.14. The topological polar surface area (TPSA) is 84.9 Å². The summed E-state index contributed by atoms with van der Waals surface area (Å²) >= 11 is 1.11. The lowest BCUT2D eigenvalue weighted by Crippen LogP contribution is -2.39. The van der Waals surface area contributed by atoms with E-state index in [1.807, 2.05) is 0 Å². The summed E-state index contributed by atoms with van der Waals surface area (Å²) in [4.78, 5) is 15.3. The van der Waals surface area contributed by atoms with Crippen molar-refractivity contribution in [1.82, 2.24) is 10.1 Å². The SMILES string of the molecule is C[Si](C)(C)CCOC[n+]1[nH]cnc1-c1ccc([N+](=O)[O-])s1. The van der Waals surface area contributed by atoms with Gasteiger partial charge in [0.15, 0.2) is 0 Å². The predicted molar refractivity (Wildman–Crippen MR) is 82.9 cm³/mol. The van der Waals surface area contributed by atoms with Gasteiger partial charge in [-0.1, -0.05) is 31.0 Å². The first-order valence-corrected chi connectivity index (χ1v) is 11.1. The van der Waals surface area contributed by atoms with Crippen molar-refractivity contribution in [2.24, 2.45) is 0 Å². The van der Waals surface area contributed by atoms with Crippen LogP contribution in [-0.4, -0.2) is 29.7 Å². The van der Waals surface area contributed by atoms with Crippen molar-refractivity contribution in [3.8, 4) is 10.7 Å². The van der Waals surface area contributed by atoms with Gasteiger partial charge in [0, 0.05) is 20.7 Å². The number of rotatable bonds is 7. The maximum atomic E-state index is 10.7. The van der Waals surface area contributed by atoms with Crippen molar-refractivity contribution in [3.05, 3.63) is 28.6 Å². The molecule has 2 aromatic rings. The van der Waals surface area contributed by atoms with Gasteiger partial charge >= 0.3 is 10.8 Å². The quantitative estimate of drug-likeness (QED) is 0.278. The Bertz CT molecular complexity index is 620. The van der Waals surface area contributed by atoms with E-state index in [9.17, 15) is 10.1 Å². The Morgan fingerprint density at radius 1 is 1.48 bits per heavy atom. The number of ether oxygens (including phenoxy) is 1. The Hall–Kier alpha value is -1.58. The van der Waals surface area contributed by atoms with E-state index in [0.717, 1.165) is 22.3 Å². The summed E-state index contributed by atoms with van der Waals surface area (Å²) < 4.78 is 7.42. The van der Waals surface area contributed by atoms with Crippen LogP contribution in [0.2, 0.25) is 25.7 Å². The smallest absolute Gasteiger partial charge is 0.341 e. The van der Waals surface area contributed by atoms with E-state index in [2.05, 4.69) is 29.7 Å². The third-order valence-electron chi connectivity index (χ3n) is 2.87. The normalized spacial score (nSPS) is 11.8. The minimum atomic E-state index is -1.10. The molecular formula is C12H19N4O3SSi+. The lowest BCUT2D eigenvalue weighted by atomic mass is 10.4. The van der Waals surface area contributed by atoms with E-state index in [0.29, 0.717) is 19.2 Å². The standard InChI is InChI=1S/C12H18N4O3SSi/c1-21(2,3)7-6-19-9-15-12(13-8-14-15)10-4-5-11(20-10)16(17)18/h4-5,8H,6-7,9H2,1-3H3/p+1. The Kier molecular flexibility index (Phi) is 4.86. The molecule has 0 aromatic carbocycles. The summed E-state index contributed by atoms with van der Waals surface area (Å²) in [7, 11) is -1.10. The zero-order chi connectivity index (χ0) is 15.5. The van der Waals surface area contributed by atoms with Gasteiger partial charge < -0.3 is 4.74 Å². The highest BCUT2D eigenvalue weighted by atomic mass is 32.1. The van der Waals surface area contributed by atoms with Crippen LogP contribution in [0.1, 0.15) is 0 Å². The van der Waals surface area contributed by atoms with Crippen LogP contribution in [0.3, 0.4) is 0 Å². The van der Waals surface area contributed by atoms with Gasteiger partial charge in [-0.25, -0.2) is 0 Å². The van der Waals surface area contributed by atoms with Crippen LogP contribution in [0.4, 0.5) is 5.00 Å². The molecule has 0 amide bonds. The van der Waals surface area contributed by atoms with Crippen LogP contribution in [0.15, 0.2) is 18.5 Å². The molecule has 21 heavy (non-hydrogen) atoms. The van der Waals surface area contributed by atoms with Gasteiger partial charge in [-0.15, -0.1) is 4.68 Å². The number of nitrogens with one attached hydrogen (secondary N) is 1. The molecule has 0 saturated heterocycles. The fourth-order valence-corrected chi connectivity index (χ4v) is 3.25. The molecule has 0 unspecified atom stereocenters. The first kappa shape index (κ1) is 15.8. The summed E-state index contributed by atoms with van der Waals surface area (Å²) in [5, 5.41) is 13.8. The van der Waals surface area contributed by atoms with E-state index in [1.54, 1.807) is 17.1 Å². The van der Waals surface area contributed by atoms with Gasteiger partial charge in [-0.3, -0.25) is 10.1 Å². The number of nitro groups is 1. The molecule has 0 atom stereocenters. The monoisotopic (exact) mass is 327 g/mol. The molecule has 0 bridgehead atoms. The maximum Gasteiger partial charge on any atom is 0.363 e. The number of nitrogens with zero attached hydrogens (tertiary/aromatic N) is 3. The first-order valence-electron chi connectivity index (χ1n) is 6.62. The van der Waals surface area contributed by atoms with E-state index < -0.39 is 13.0 Å². The molecule has 0 aliphatic rings. The molecule has 114 valence electrons. The number of hydrogen-bond acceptors (Lipinski definition) is 5. The van der Waals surface area contributed by atoms with Gasteiger partial charge in [-0.05, 0) is 17.1 Å². The number of hydrogen-bond donors (Lipinski definition) is 1. The Labute approximate surface area is 127 Å². The second-order valence-corrected chi connectivity index (χ2v) is 12.6. The zero-order valence-electron chi connectivity index (χ0n) is 12.3. The molecule has 0 spiro atoms. The second kappa shape index (κ2) is 6.46. The molecule has 2 rings (SSSR count). The van der Waals surface area contributed by atoms with Crippen LogP contribution in [-0.2, 0) is 11.5 Å². The minimum absolute atomic E-state index is 0.110. The summed E-state index contributed by atoms with van der Waals surface area (Å²) in [6.45, 7) is 7.99. The molecule has 0 fully saturated rings. The fourth-order valence-electron chi connectivity index (χ4n) is 1.67. The van der Waals surface area contributed by atoms with Gasteiger partial charge in [0.2, 0.25) is 13.1 Å². The van der Waals surface area contributed by atoms with Gasteiger partial charge in [0.25, 0.3) is 0 Å². The minimum Gasteiger partial charge on any atom is -0.341 e. The lowest BCUT2D eigenvalue weighted by molar-refractivity contribution is -0.772. The number of thiophene rings is 1. The Morgan fingerprint density at radius 2 is 2.24 bits per heavy atom. The molecule has 0 aliphatic carbocycles. The van der Waals surface area contributed by atoms with E-state index in [-0.39, 0.29) is 5.00 Å². The molecule has 2 aromatic heterocycles. The number of aromatic nitrogens is 3. The van der Waals surface area contributed by atoms with Gasteiger partial charge in [0.1, 0.15) is 4.88 Å². The van der Waals surface area contributed by atoms with Crippen LogP contribution in [0.25, 0.3) is 10.7 Å². The zero-order valence-corrected chi connectivity index (χ0v) is 14.1. The van der Waals surface area contributed by atoms with Crippen LogP contribution >= 0.6 is 11.3 Å². The second-order valence-electron chi connectivity index (χ2n) is 5.88. The summed E-state index contributed by atoms with van der Waals surface area (Å²) in [6, 6.07) is 4.30. The highest BCUT2D eigenvalue weighted by molar-refractivity contribution is 7.18. The Morgan fingerprint density at radius 3 is 2.86 bits per heavy atom.